The van der Waals surface area contributed by atoms with E-state index < -0.39 is 17.9 Å². The molecule has 0 bridgehead atoms. The number of carbonyl (C=O) groups excluding carboxylic acids is 2. The third kappa shape index (κ3) is 2.53. The quantitative estimate of drug-likeness (QED) is 0.899. The summed E-state index contributed by atoms with van der Waals surface area (Å²) in [6, 6.07) is 3.21. The van der Waals surface area contributed by atoms with Crippen LogP contribution < -0.4 is 10.2 Å². The van der Waals surface area contributed by atoms with Crippen molar-refractivity contribution in [2.75, 3.05) is 4.90 Å². The largest absolute Gasteiger partial charge is 0.343 e. The van der Waals surface area contributed by atoms with Gasteiger partial charge in [0.05, 0.1) is 0 Å². The Morgan fingerprint density at radius 1 is 1.25 bits per heavy atom. The lowest BCUT2D eigenvalue weighted by Crippen LogP contribution is -2.64. The van der Waals surface area contributed by atoms with Crippen LogP contribution in [0.4, 0.5) is 10.1 Å². The maximum atomic E-state index is 13.6. The molecule has 1 aromatic carbocycles. The Hall–Kier alpha value is -1.91. The van der Waals surface area contributed by atoms with E-state index in [-0.39, 0.29) is 17.7 Å². The highest BCUT2D eigenvalue weighted by Gasteiger charge is 2.41. The first-order valence-electron chi connectivity index (χ1n) is 6.72. The number of anilines is 1. The molecule has 0 saturated carbocycles. The zero-order valence-corrected chi connectivity index (χ0v) is 12.1. The fraction of sp³-hybridized carbons (Fsp3) is 0.467. The number of rotatable bonds is 2. The summed E-state index contributed by atoms with van der Waals surface area (Å²) in [7, 11) is 0. The number of carbonyl (C=O) groups is 2. The van der Waals surface area contributed by atoms with E-state index in [9.17, 15) is 14.0 Å². The number of nitrogens with zero attached hydrogens (tertiary/aromatic N) is 1. The van der Waals surface area contributed by atoms with Gasteiger partial charge in [0.25, 0.3) is 0 Å². The van der Waals surface area contributed by atoms with Crippen LogP contribution in [0, 0.1) is 18.7 Å². The number of nitrogens with one attached hydrogen (secondary N) is 1. The Labute approximate surface area is 118 Å². The molecule has 2 rings (SSSR count). The maximum Gasteiger partial charge on any atom is 0.250 e. The van der Waals surface area contributed by atoms with Gasteiger partial charge in [0.1, 0.15) is 17.9 Å². The molecule has 0 spiro atoms. The Bertz CT molecular complexity index is 537. The predicted octanol–water partition coefficient (Wildman–Crippen LogP) is 2.01. The summed E-state index contributed by atoms with van der Waals surface area (Å²) in [5.74, 6) is -0.883. The van der Waals surface area contributed by atoms with Gasteiger partial charge in [-0.15, -0.1) is 0 Å². The summed E-state index contributed by atoms with van der Waals surface area (Å²) < 4.78 is 13.6. The first kappa shape index (κ1) is 14.5. The minimum atomic E-state index is -0.611. The lowest BCUT2D eigenvalue weighted by molar-refractivity contribution is -0.134. The van der Waals surface area contributed by atoms with E-state index in [0.717, 1.165) is 0 Å². The van der Waals surface area contributed by atoms with Crippen LogP contribution in [0.2, 0.25) is 0 Å². The van der Waals surface area contributed by atoms with Gasteiger partial charge < -0.3 is 5.32 Å². The lowest BCUT2D eigenvalue weighted by Gasteiger charge is -2.40. The van der Waals surface area contributed by atoms with E-state index in [4.69, 9.17) is 0 Å². The average Bonchev–Trinajstić information content (AvgIpc) is 2.31. The van der Waals surface area contributed by atoms with Gasteiger partial charge in [0.2, 0.25) is 11.8 Å². The molecule has 1 heterocycles. The number of benzene rings is 1. The van der Waals surface area contributed by atoms with E-state index >= 15 is 0 Å². The van der Waals surface area contributed by atoms with E-state index in [1.54, 1.807) is 19.9 Å². The molecule has 0 aromatic heterocycles. The fourth-order valence-corrected chi connectivity index (χ4v) is 2.57. The summed E-state index contributed by atoms with van der Waals surface area (Å²) >= 11 is 0. The molecule has 1 fully saturated rings. The molecule has 1 aromatic rings. The predicted molar refractivity (Wildman–Crippen MR) is 74.9 cm³/mol. The van der Waals surface area contributed by atoms with Crippen LogP contribution >= 0.6 is 0 Å². The Morgan fingerprint density at radius 3 is 2.45 bits per heavy atom. The average molecular weight is 278 g/mol. The van der Waals surface area contributed by atoms with Crippen molar-refractivity contribution in [2.24, 2.45) is 5.92 Å². The van der Waals surface area contributed by atoms with Crippen molar-refractivity contribution in [1.29, 1.82) is 0 Å². The molecule has 0 aliphatic carbocycles. The third-order valence-corrected chi connectivity index (χ3v) is 3.45. The van der Waals surface area contributed by atoms with Gasteiger partial charge in [0, 0.05) is 5.69 Å². The first-order valence-corrected chi connectivity index (χ1v) is 6.72. The second kappa shape index (κ2) is 5.23. The molecule has 4 nitrogen and oxygen atoms in total. The first-order chi connectivity index (χ1) is 9.31. The second-order valence-corrected chi connectivity index (χ2v) is 5.61. The van der Waals surface area contributed by atoms with Gasteiger partial charge in [-0.2, -0.15) is 0 Å². The summed E-state index contributed by atoms with van der Waals surface area (Å²) in [6.45, 7) is 7.13. The summed E-state index contributed by atoms with van der Waals surface area (Å²) in [4.78, 5) is 26.0. The molecule has 2 amide bonds. The molecule has 1 saturated heterocycles. The van der Waals surface area contributed by atoms with Gasteiger partial charge in [-0.1, -0.05) is 13.8 Å². The highest BCUT2D eigenvalue weighted by molar-refractivity contribution is 6.08. The molecule has 1 N–H and O–H groups in total. The van der Waals surface area contributed by atoms with Crippen LogP contribution in [-0.2, 0) is 9.59 Å². The Morgan fingerprint density at radius 2 is 1.90 bits per heavy atom. The topological polar surface area (TPSA) is 49.4 Å². The molecule has 2 unspecified atom stereocenters. The third-order valence-electron chi connectivity index (χ3n) is 3.45. The highest BCUT2D eigenvalue weighted by atomic mass is 19.1. The smallest absolute Gasteiger partial charge is 0.250 e. The van der Waals surface area contributed by atoms with Gasteiger partial charge in [-0.3, -0.25) is 14.5 Å². The van der Waals surface area contributed by atoms with Crippen LogP contribution in [0.15, 0.2) is 18.2 Å². The van der Waals surface area contributed by atoms with Crippen molar-refractivity contribution in [2.45, 2.75) is 39.8 Å². The van der Waals surface area contributed by atoms with E-state index in [0.29, 0.717) is 11.3 Å². The number of piperazine rings is 1. The van der Waals surface area contributed by atoms with E-state index in [1.165, 1.54) is 17.0 Å². The Kier molecular flexibility index (Phi) is 3.79. The van der Waals surface area contributed by atoms with Gasteiger partial charge in [0.15, 0.2) is 0 Å². The molecule has 1 aliphatic heterocycles. The summed E-state index contributed by atoms with van der Waals surface area (Å²) in [5, 5.41) is 2.67. The molecule has 5 heteroatoms. The van der Waals surface area contributed by atoms with Crippen molar-refractivity contribution in [3.63, 3.8) is 0 Å². The van der Waals surface area contributed by atoms with E-state index in [1.807, 2.05) is 13.8 Å². The maximum absolute atomic E-state index is 13.6. The van der Waals surface area contributed by atoms with Crippen LogP contribution in [0.1, 0.15) is 26.3 Å². The monoisotopic (exact) mass is 278 g/mol. The van der Waals surface area contributed by atoms with Crippen molar-refractivity contribution >= 4 is 17.5 Å². The van der Waals surface area contributed by atoms with Crippen molar-refractivity contribution < 1.29 is 14.0 Å². The molecular weight excluding hydrogens is 259 g/mol. The fourth-order valence-electron chi connectivity index (χ4n) is 2.57. The molecular formula is C15H19FN2O2. The van der Waals surface area contributed by atoms with Crippen molar-refractivity contribution in [3.8, 4) is 0 Å². The van der Waals surface area contributed by atoms with Crippen LogP contribution in [0.3, 0.4) is 0 Å². The number of amides is 2. The molecule has 1 aliphatic rings. The molecule has 20 heavy (non-hydrogen) atoms. The highest BCUT2D eigenvalue weighted by Crippen LogP contribution is 2.27. The van der Waals surface area contributed by atoms with Gasteiger partial charge in [-0.25, -0.2) is 4.39 Å². The lowest BCUT2D eigenvalue weighted by atomic mass is 9.96. The summed E-state index contributed by atoms with van der Waals surface area (Å²) in [5.41, 5.74) is 1.15. The minimum absolute atomic E-state index is 0.0602. The van der Waals surface area contributed by atoms with Gasteiger partial charge >= 0.3 is 0 Å². The molecule has 2 atom stereocenters. The van der Waals surface area contributed by atoms with E-state index in [2.05, 4.69) is 5.32 Å². The van der Waals surface area contributed by atoms with Crippen molar-refractivity contribution in [3.05, 3.63) is 29.6 Å². The van der Waals surface area contributed by atoms with Crippen LogP contribution in [0.25, 0.3) is 0 Å². The zero-order valence-electron chi connectivity index (χ0n) is 12.1. The number of aryl methyl sites for hydroxylation is 1. The normalized spacial score (nSPS) is 23.2. The van der Waals surface area contributed by atoms with Gasteiger partial charge in [-0.05, 0) is 43.5 Å². The van der Waals surface area contributed by atoms with Crippen LogP contribution in [0.5, 0.6) is 0 Å². The van der Waals surface area contributed by atoms with Crippen molar-refractivity contribution in [1.82, 2.24) is 5.32 Å². The molecule has 108 valence electrons. The molecule has 0 radical (unpaired) electrons. The van der Waals surface area contributed by atoms with Crippen LogP contribution in [-0.4, -0.2) is 23.9 Å². The number of hydrogen-bond acceptors (Lipinski definition) is 2. The number of halogens is 1. The minimum Gasteiger partial charge on any atom is -0.343 e. The zero-order chi connectivity index (χ0) is 15.0. The SMILES string of the molecule is Cc1cc(F)cc(N2C(=O)C(C)NC(=O)C2C(C)C)c1. The standard InChI is InChI=1S/C15H19FN2O2/c1-8(2)13-14(19)17-10(4)15(20)18(13)12-6-9(3)5-11(16)7-12/h5-8,10,13H,1-4H3,(H,17,19). The second-order valence-electron chi connectivity index (χ2n) is 5.61. The summed E-state index contributed by atoms with van der Waals surface area (Å²) in [6.07, 6.45) is 0. The number of hydrogen-bond donors (Lipinski definition) is 1. The Balaban J connectivity index is 2.52.